The van der Waals surface area contributed by atoms with Crippen molar-refractivity contribution in [1.29, 1.82) is 0 Å². The number of fused-ring (bicyclic) bond motifs is 1. The Morgan fingerprint density at radius 3 is 2.93 bits per heavy atom. The number of primary amides is 1. The maximum absolute atomic E-state index is 12.2. The molecule has 3 fully saturated rings. The van der Waals surface area contributed by atoms with E-state index < -0.39 is 5.91 Å². The zero-order valence-corrected chi connectivity index (χ0v) is 17.6. The Kier molecular flexibility index (Phi) is 5.27. The number of aryl methyl sites for hydroxylation is 1. The highest BCUT2D eigenvalue weighted by atomic mass is 16.5. The summed E-state index contributed by atoms with van der Waals surface area (Å²) in [5.41, 5.74) is 6.72. The molecule has 4 atom stereocenters. The largest absolute Gasteiger partial charge is 0.369 e. The average Bonchev–Trinajstić information content (AvgIpc) is 3.32. The molecular formula is C22H32N4O3. The topological polar surface area (TPSA) is 97.6 Å². The number of pyridine rings is 1. The van der Waals surface area contributed by atoms with Crippen LogP contribution in [0.3, 0.4) is 0 Å². The third kappa shape index (κ3) is 3.72. The second-order valence-corrected chi connectivity index (χ2v) is 9.34. The van der Waals surface area contributed by atoms with Crippen LogP contribution in [0.4, 0.5) is 5.82 Å². The predicted octanol–water partition coefficient (Wildman–Crippen LogP) is 2.03. The Morgan fingerprint density at radius 2 is 2.21 bits per heavy atom. The molecule has 2 bridgehead atoms. The number of nitrogens with two attached hydrogens (primary N) is 1. The molecule has 0 aromatic carbocycles. The number of aromatic nitrogens is 1. The Balaban J connectivity index is 1.48. The predicted molar refractivity (Wildman–Crippen MR) is 111 cm³/mol. The Bertz CT molecular complexity index is 811. The van der Waals surface area contributed by atoms with Crippen LogP contribution in [0.2, 0.25) is 0 Å². The van der Waals surface area contributed by atoms with Crippen molar-refractivity contribution in [3.8, 4) is 0 Å². The van der Waals surface area contributed by atoms with Crippen molar-refractivity contribution in [2.45, 2.75) is 58.2 Å². The Labute approximate surface area is 172 Å². The fraction of sp³-hybridized carbons (Fsp3) is 0.682. The molecule has 0 saturated carbocycles. The number of anilines is 1. The molecule has 3 N–H and O–H groups in total. The van der Waals surface area contributed by atoms with Gasteiger partial charge in [-0.1, -0.05) is 13.8 Å². The van der Waals surface area contributed by atoms with Crippen molar-refractivity contribution < 1.29 is 14.3 Å². The Hall–Kier alpha value is -2.15. The second-order valence-electron chi connectivity index (χ2n) is 9.34. The summed E-state index contributed by atoms with van der Waals surface area (Å²) < 4.78 is 6.47. The highest BCUT2D eigenvalue weighted by molar-refractivity contribution is 5.97. The fourth-order valence-corrected chi connectivity index (χ4v) is 5.34. The molecule has 1 aromatic rings. The van der Waals surface area contributed by atoms with E-state index in [1.54, 1.807) is 6.07 Å². The molecule has 3 aliphatic heterocycles. The van der Waals surface area contributed by atoms with E-state index in [1.165, 1.54) is 0 Å². The van der Waals surface area contributed by atoms with E-state index in [0.29, 0.717) is 42.1 Å². The molecule has 1 spiro atoms. The number of hydrogen-bond acceptors (Lipinski definition) is 5. The van der Waals surface area contributed by atoms with Crippen LogP contribution in [0.5, 0.6) is 0 Å². The number of hydrogen-bond donors (Lipinski definition) is 2. The normalized spacial score (nSPS) is 30.1. The van der Waals surface area contributed by atoms with Crippen LogP contribution in [-0.4, -0.2) is 48.1 Å². The van der Waals surface area contributed by atoms with Crippen molar-refractivity contribution in [3.05, 3.63) is 23.4 Å². The zero-order chi connectivity index (χ0) is 20.8. The molecule has 0 aliphatic carbocycles. The molecule has 2 amide bonds. The van der Waals surface area contributed by atoms with E-state index in [2.05, 4.69) is 29.0 Å². The quantitative estimate of drug-likeness (QED) is 0.730. The summed E-state index contributed by atoms with van der Waals surface area (Å²) in [6.45, 7) is 8.34. The summed E-state index contributed by atoms with van der Waals surface area (Å²) in [6, 6.07) is 3.58. The summed E-state index contributed by atoms with van der Waals surface area (Å²) in [5, 5.41) is 3.14. The van der Waals surface area contributed by atoms with E-state index in [4.69, 9.17) is 10.5 Å². The third-order valence-corrected chi connectivity index (χ3v) is 6.85. The van der Waals surface area contributed by atoms with Gasteiger partial charge in [-0.25, -0.2) is 4.98 Å². The van der Waals surface area contributed by atoms with Gasteiger partial charge in [0, 0.05) is 43.6 Å². The monoisotopic (exact) mass is 400 g/mol. The lowest BCUT2D eigenvalue weighted by Crippen LogP contribution is -2.41. The fourth-order valence-electron chi connectivity index (χ4n) is 5.34. The van der Waals surface area contributed by atoms with Crippen LogP contribution < -0.4 is 16.0 Å². The highest BCUT2D eigenvalue weighted by Gasteiger charge is 2.63. The van der Waals surface area contributed by atoms with Crippen LogP contribution >= 0.6 is 0 Å². The van der Waals surface area contributed by atoms with Gasteiger partial charge in [0.05, 0.1) is 17.3 Å². The number of carbonyl (C=O) groups excluding carboxylic acids is 2. The van der Waals surface area contributed by atoms with Crippen LogP contribution in [0.15, 0.2) is 12.1 Å². The lowest BCUT2D eigenvalue weighted by molar-refractivity contribution is -0.121. The van der Waals surface area contributed by atoms with Gasteiger partial charge in [-0.3, -0.25) is 9.59 Å². The van der Waals surface area contributed by atoms with Gasteiger partial charge in [0.2, 0.25) is 5.91 Å². The molecule has 0 unspecified atom stereocenters. The minimum atomic E-state index is -0.457. The number of amides is 2. The number of rotatable bonds is 7. The molecule has 29 heavy (non-hydrogen) atoms. The van der Waals surface area contributed by atoms with Gasteiger partial charge in [-0.15, -0.1) is 0 Å². The molecule has 4 rings (SSSR count). The minimum absolute atomic E-state index is 0.127. The molecule has 3 saturated heterocycles. The first-order chi connectivity index (χ1) is 13.8. The second kappa shape index (κ2) is 7.59. The number of nitrogens with zero attached hydrogens (tertiary/aromatic N) is 2. The van der Waals surface area contributed by atoms with Crippen LogP contribution in [0, 0.1) is 24.7 Å². The molecule has 7 heteroatoms. The van der Waals surface area contributed by atoms with Gasteiger partial charge in [0.25, 0.3) is 5.91 Å². The smallest absolute Gasteiger partial charge is 0.252 e. The van der Waals surface area contributed by atoms with E-state index in [-0.39, 0.29) is 17.6 Å². The Morgan fingerprint density at radius 1 is 1.41 bits per heavy atom. The molecule has 3 aliphatic rings. The summed E-state index contributed by atoms with van der Waals surface area (Å²) in [4.78, 5) is 30.9. The molecule has 7 nitrogen and oxygen atoms in total. The lowest BCUT2D eigenvalue weighted by Gasteiger charge is -2.29. The summed E-state index contributed by atoms with van der Waals surface area (Å²) in [5.74, 6) is 1.49. The van der Waals surface area contributed by atoms with Crippen molar-refractivity contribution in [2.24, 2.45) is 23.5 Å². The summed E-state index contributed by atoms with van der Waals surface area (Å²) >= 11 is 0. The van der Waals surface area contributed by atoms with Crippen molar-refractivity contribution in [3.63, 3.8) is 0 Å². The van der Waals surface area contributed by atoms with Crippen LogP contribution in [0.1, 0.15) is 55.6 Å². The highest BCUT2D eigenvalue weighted by Crippen LogP contribution is 2.55. The van der Waals surface area contributed by atoms with E-state index >= 15 is 0 Å². The molecule has 4 heterocycles. The average molecular weight is 401 g/mol. The number of nitrogens with one attached hydrogen (secondary N) is 1. The van der Waals surface area contributed by atoms with Crippen molar-refractivity contribution >= 4 is 17.6 Å². The van der Waals surface area contributed by atoms with Gasteiger partial charge < -0.3 is 20.7 Å². The van der Waals surface area contributed by atoms with Gasteiger partial charge in [0.1, 0.15) is 5.82 Å². The van der Waals surface area contributed by atoms with E-state index in [0.717, 1.165) is 38.0 Å². The summed E-state index contributed by atoms with van der Waals surface area (Å²) in [7, 11) is 0. The molecular weight excluding hydrogens is 368 g/mol. The maximum Gasteiger partial charge on any atom is 0.252 e. The zero-order valence-electron chi connectivity index (χ0n) is 17.6. The van der Waals surface area contributed by atoms with Crippen molar-refractivity contribution in [1.82, 2.24) is 10.3 Å². The number of ether oxygens (including phenoxy) is 1. The maximum atomic E-state index is 12.2. The van der Waals surface area contributed by atoms with Crippen LogP contribution in [0.25, 0.3) is 0 Å². The summed E-state index contributed by atoms with van der Waals surface area (Å²) in [6.07, 6.45) is 3.75. The first-order valence-corrected chi connectivity index (χ1v) is 10.8. The van der Waals surface area contributed by atoms with Gasteiger partial charge in [-0.2, -0.15) is 0 Å². The van der Waals surface area contributed by atoms with Gasteiger partial charge in [-0.05, 0) is 44.2 Å². The molecule has 158 valence electrons. The first kappa shape index (κ1) is 20.1. The lowest BCUT2D eigenvalue weighted by atomic mass is 9.73. The first-order valence-electron chi connectivity index (χ1n) is 10.8. The number of carbonyl (C=O) groups is 2. The third-order valence-electron chi connectivity index (χ3n) is 6.85. The minimum Gasteiger partial charge on any atom is -0.369 e. The van der Waals surface area contributed by atoms with Crippen LogP contribution in [-0.2, 0) is 9.53 Å². The standard InChI is InChI=1S/C22H32N4O3/c1-13(2)4-7-19(27)24-10-16-17-11-26(12-22(17)9-8-18(16)29-22)21-15(20(23)28)6-5-14(3)25-21/h5-6,13,16-18H,4,7-12H2,1-3H3,(H2,23,28)(H,24,27)/t16-,17+,18+,22+/m0/s1. The molecule has 0 radical (unpaired) electrons. The van der Waals surface area contributed by atoms with E-state index in [9.17, 15) is 9.59 Å². The SMILES string of the molecule is Cc1ccc(C(N)=O)c(N2C[C@@H]3[C@H](CNC(=O)CCC(C)C)[C@H]4CC[C@]3(C2)O4)n1. The van der Waals surface area contributed by atoms with Gasteiger partial charge >= 0.3 is 0 Å². The van der Waals surface area contributed by atoms with E-state index in [1.807, 2.05) is 13.0 Å². The van der Waals surface area contributed by atoms with Gasteiger partial charge in [0.15, 0.2) is 0 Å². The molecule has 1 aromatic heterocycles. The van der Waals surface area contributed by atoms with Crippen molar-refractivity contribution in [2.75, 3.05) is 24.5 Å².